The maximum Gasteiger partial charge on any atom is 0.201 e. The fourth-order valence-corrected chi connectivity index (χ4v) is 4.33. The number of aryl methyl sites for hydroxylation is 1. The van der Waals surface area contributed by atoms with Gasteiger partial charge in [0.25, 0.3) is 0 Å². The zero-order valence-corrected chi connectivity index (χ0v) is 17.7. The van der Waals surface area contributed by atoms with Crippen LogP contribution in [0.4, 0.5) is 5.69 Å². The van der Waals surface area contributed by atoms with Gasteiger partial charge in [0.15, 0.2) is 0 Å². The van der Waals surface area contributed by atoms with Gasteiger partial charge in [-0.2, -0.15) is 0 Å². The number of hydrogen-bond donors (Lipinski definition) is 1. The number of imidazole rings is 1. The highest BCUT2D eigenvalue weighted by molar-refractivity contribution is 9.10. The summed E-state index contributed by atoms with van der Waals surface area (Å²) in [5.74, 6) is 0.134. The number of rotatable bonds is 5. The second-order valence-corrected chi connectivity index (χ2v) is 7.80. The maximum absolute atomic E-state index is 11.0. The van der Waals surface area contributed by atoms with Gasteiger partial charge < -0.3 is 19.1 Å². The van der Waals surface area contributed by atoms with Crippen molar-refractivity contribution < 1.29 is 9.94 Å². The SMILES string of the molecule is Cn1c(O)c(C2=Nc3ccccc3/C2=N\OCCn2ccnc2)c2cccc(Br)c21. The van der Waals surface area contributed by atoms with Crippen LogP contribution < -0.4 is 0 Å². The van der Waals surface area contributed by atoms with Crippen molar-refractivity contribution in [2.45, 2.75) is 6.54 Å². The van der Waals surface area contributed by atoms with E-state index in [-0.39, 0.29) is 5.88 Å². The molecule has 5 rings (SSSR count). The molecule has 0 atom stereocenters. The lowest BCUT2D eigenvalue weighted by Gasteiger charge is -2.06. The summed E-state index contributed by atoms with van der Waals surface area (Å²) in [6, 6.07) is 13.6. The molecule has 0 saturated heterocycles. The molecule has 0 bridgehead atoms. The van der Waals surface area contributed by atoms with E-state index in [4.69, 9.17) is 9.83 Å². The van der Waals surface area contributed by atoms with Crippen LogP contribution in [-0.2, 0) is 18.4 Å². The van der Waals surface area contributed by atoms with E-state index < -0.39 is 0 Å². The standard InChI is InChI=1S/C22H18BrN5O2/c1-27-21-15(6-4-7-16(21)23)18(22(27)29)20-19(14-5-2-3-8-17(14)25-20)26-30-12-11-28-10-9-24-13-28/h2-10,13,29H,11-12H2,1H3/b26-19+. The predicted octanol–water partition coefficient (Wildman–Crippen LogP) is 4.40. The lowest BCUT2D eigenvalue weighted by atomic mass is 10.0. The Bertz CT molecular complexity index is 1300. The molecule has 0 fully saturated rings. The average molecular weight is 464 g/mol. The number of hydrogen-bond acceptors (Lipinski definition) is 5. The van der Waals surface area contributed by atoms with Crippen molar-refractivity contribution in [3.8, 4) is 5.88 Å². The van der Waals surface area contributed by atoms with Crippen LogP contribution in [0.1, 0.15) is 11.1 Å². The molecule has 3 heterocycles. The maximum atomic E-state index is 11.0. The highest BCUT2D eigenvalue weighted by Crippen LogP contribution is 2.39. The Labute approximate surface area is 181 Å². The molecule has 0 unspecified atom stereocenters. The van der Waals surface area contributed by atoms with Crippen molar-refractivity contribution in [1.29, 1.82) is 0 Å². The van der Waals surface area contributed by atoms with Crippen LogP contribution in [0.25, 0.3) is 10.9 Å². The van der Waals surface area contributed by atoms with Gasteiger partial charge in [-0.05, 0) is 28.1 Å². The number of oxime groups is 1. The summed E-state index contributed by atoms with van der Waals surface area (Å²) >= 11 is 3.58. The highest BCUT2D eigenvalue weighted by atomic mass is 79.9. The summed E-state index contributed by atoms with van der Waals surface area (Å²) in [5.41, 5.74) is 4.42. The van der Waals surface area contributed by atoms with Crippen LogP contribution in [0.2, 0.25) is 0 Å². The zero-order valence-electron chi connectivity index (χ0n) is 16.2. The number of fused-ring (bicyclic) bond motifs is 2. The van der Waals surface area contributed by atoms with Crippen LogP contribution >= 0.6 is 15.9 Å². The minimum Gasteiger partial charge on any atom is -0.494 e. The first kappa shape index (κ1) is 18.6. The van der Waals surface area contributed by atoms with Crippen LogP contribution in [0.5, 0.6) is 5.88 Å². The van der Waals surface area contributed by atoms with Crippen molar-refractivity contribution >= 4 is 43.9 Å². The quantitative estimate of drug-likeness (QED) is 0.352. The third kappa shape index (κ3) is 3.00. The van der Waals surface area contributed by atoms with E-state index in [2.05, 4.69) is 26.1 Å². The summed E-state index contributed by atoms with van der Waals surface area (Å²) in [5, 5.41) is 16.3. The molecule has 0 saturated carbocycles. The molecule has 0 radical (unpaired) electrons. The molecule has 0 amide bonds. The molecule has 2 aromatic heterocycles. The Hall–Kier alpha value is -3.39. The summed E-state index contributed by atoms with van der Waals surface area (Å²) in [6.07, 6.45) is 5.34. The van der Waals surface area contributed by atoms with Crippen molar-refractivity contribution in [2.24, 2.45) is 17.2 Å². The average Bonchev–Trinajstić information content (AvgIpc) is 3.44. The molecular formula is C22H18BrN5O2. The summed E-state index contributed by atoms with van der Waals surface area (Å²) in [6.45, 7) is 1.03. The van der Waals surface area contributed by atoms with E-state index in [1.165, 1.54) is 0 Å². The number of para-hydroxylation sites is 2. The zero-order chi connectivity index (χ0) is 20.7. The Balaban J connectivity index is 1.57. The number of aromatic nitrogens is 3. The molecule has 1 N–H and O–H groups in total. The Morgan fingerprint density at radius 1 is 1.17 bits per heavy atom. The minimum atomic E-state index is 0.134. The van der Waals surface area contributed by atoms with Gasteiger partial charge in [-0.3, -0.25) is 0 Å². The largest absolute Gasteiger partial charge is 0.494 e. The first-order valence-corrected chi connectivity index (χ1v) is 10.2. The fraction of sp³-hybridized carbons (Fsp3) is 0.136. The van der Waals surface area contributed by atoms with Gasteiger partial charge in [0, 0.05) is 34.9 Å². The second-order valence-electron chi connectivity index (χ2n) is 6.94. The second kappa shape index (κ2) is 7.46. The van der Waals surface area contributed by atoms with Crippen molar-refractivity contribution in [3.63, 3.8) is 0 Å². The van der Waals surface area contributed by atoms with E-state index in [1.807, 2.05) is 60.3 Å². The fourth-order valence-electron chi connectivity index (χ4n) is 3.70. The first-order valence-electron chi connectivity index (χ1n) is 9.45. The van der Waals surface area contributed by atoms with Gasteiger partial charge in [-0.15, -0.1) is 0 Å². The molecule has 1 aliphatic heterocycles. The number of aromatic hydroxyl groups is 1. The predicted molar refractivity (Wildman–Crippen MR) is 120 cm³/mol. The Kier molecular flexibility index (Phi) is 4.63. The number of benzene rings is 2. The van der Waals surface area contributed by atoms with Gasteiger partial charge in [-0.1, -0.05) is 35.5 Å². The van der Waals surface area contributed by atoms with Crippen LogP contribution in [0.3, 0.4) is 0 Å². The normalized spacial score (nSPS) is 14.3. The molecule has 8 heteroatoms. The third-order valence-corrected chi connectivity index (χ3v) is 5.78. The van der Waals surface area contributed by atoms with Crippen molar-refractivity contribution in [3.05, 3.63) is 76.8 Å². The minimum absolute atomic E-state index is 0.134. The molecule has 0 aliphatic carbocycles. The van der Waals surface area contributed by atoms with Gasteiger partial charge >= 0.3 is 0 Å². The number of halogens is 1. The lowest BCUT2D eigenvalue weighted by Crippen LogP contribution is -2.14. The third-order valence-electron chi connectivity index (χ3n) is 5.14. The molecule has 1 aliphatic rings. The van der Waals surface area contributed by atoms with Crippen LogP contribution in [0.15, 0.2) is 75.8 Å². The van der Waals surface area contributed by atoms with Crippen LogP contribution in [0, 0.1) is 0 Å². The summed E-state index contributed by atoms with van der Waals surface area (Å²) < 4.78 is 4.57. The van der Waals surface area contributed by atoms with Gasteiger partial charge in [0.2, 0.25) is 5.88 Å². The van der Waals surface area contributed by atoms with E-state index in [1.54, 1.807) is 17.1 Å². The number of nitrogens with zero attached hydrogens (tertiary/aromatic N) is 5. The molecule has 2 aromatic carbocycles. The van der Waals surface area contributed by atoms with E-state index in [9.17, 15) is 5.11 Å². The van der Waals surface area contributed by atoms with E-state index in [0.29, 0.717) is 30.1 Å². The van der Waals surface area contributed by atoms with Crippen LogP contribution in [-0.4, -0.2) is 37.3 Å². The molecular weight excluding hydrogens is 446 g/mol. The van der Waals surface area contributed by atoms with Gasteiger partial charge in [-0.25, -0.2) is 9.98 Å². The molecule has 0 spiro atoms. The molecule has 150 valence electrons. The van der Waals surface area contributed by atoms with Gasteiger partial charge in [0.05, 0.1) is 29.6 Å². The van der Waals surface area contributed by atoms with Crippen molar-refractivity contribution in [1.82, 2.24) is 14.1 Å². The lowest BCUT2D eigenvalue weighted by molar-refractivity contribution is 0.136. The first-order chi connectivity index (χ1) is 14.6. The molecule has 4 aromatic rings. The number of aliphatic imine (C=N–C) groups is 1. The topological polar surface area (TPSA) is 76.9 Å². The van der Waals surface area contributed by atoms with Crippen molar-refractivity contribution in [2.75, 3.05) is 6.61 Å². The van der Waals surface area contributed by atoms with E-state index in [0.717, 1.165) is 26.6 Å². The Morgan fingerprint density at radius 3 is 2.87 bits per heavy atom. The highest BCUT2D eigenvalue weighted by Gasteiger charge is 2.30. The molecule has 7 nitrogen and oxygen atoms in total. The summed E-state index contributed by atoms with van der Waals surface area (Å²) in [4.78, 5) is 14.5. The van der Waals surface area contributed by atoms with Gasteiger partial charge in [0.1, 0.15) is 18.0 Å². The monoisotopic (exact) mass is 463 g/mol. The Morgan fingerprint density at radius 2 is 2.03 bits per heavy atom. The summed E-state index contributed by atoms with van der Waals surface area (Å²) in [7, 11) is 1.83. The van der Waals surface area contributed by atoms with E-state index >= 15 is 0 Å². The molecule has 30 heavy (non-hydrogen) atoms. The smallest absolute Gasteiger partial charge is 0.201 e.